The Kier molecular flexibility index (Phi) is 4.01. The van der Waals surface area contributed by atoms with Gasteiger partial charge in [0.05, 0.1) is 6.07 Å². The van der Waals surface area contributed by atoms with Crippen molar-refractivity contribution < 1.29 is 0 Å². The maximum absolute atomic E-state index is 9.23. The SMILES string of the molecule is C#CCC(CC#N)(c1ccccc1)c1ccccc1. The summed E-state index contributed by atoms with van der Waals surface area (Å²) in [5.74, 6) is 2.74. The standard InChI is InChI=1S/C18H15N/c1-2-13-18(14-15-19,16-9-5-3-6-10-16)17-11-7-4-8-12-17/h1,3-12H,13-14H2. The zero-order valence-corrected chi connectivity index (χ0v) is 10.7. The quantitative estimate of drug-likeness (QED) is 0.749. The molecule has 0 unspecified atom stereocenters. The van der Waals surface area contributed by atoms with E-state index >= 15 is 0 Å². The van der Waals surface area contributed by atoms with E-state index in [2.05, 4.69) is 12.0 Å². The van der Waals surface area contributed by atoms with Gasteiger partial charge in [-0.25, -0.2) is 0 Å². The molecule has 0 atom stereocenters. The predicted molar refractivity (Wildman–Crippen MR) is 77.3 cm³/mol. The summed E-state index contributed by atoms with van der Waals surface area (Å²) < 4.78 is 0. The lowest BCUT2D eigenvalue weighted by Crippen LogP contribution is -2.26. The lowest BCUT2D eigenvalue weighted by atomic mass is 9.70. The summed E-state index contributed by atoms with van der Waals surface area (Å²) in [5.41, 5.74) is 1.79. The van der Waals surface area contributed by atoms with E-state index in [1.807, 2.05) is 60.7 Å². The molecule has 0 amide bonds. The van der Waals surface area contributed by atoms with Crippen LogP contribution >= 0.6 is 0 Å². The molecule has 0 spiro atoms. The van der Waals surface area contributed by atoms with Crippen LogP contribution in [0.25, 0.3) is 0 Å². The van der Waals surface area contributed by atoms with Crippen LogP contribution in [0.2, 0.25) is 0 Å². The maximum atomic E-state index is 9.23. The fraction of sp³-hybridized carbons (Fsp3) is 0.167. The highest BCUT2D eigenvalue weighted by molar-refractivity contribution is 5.41. The molecule has 0 bridgehead atoms. The highest BCUT2D eigenvalue weighted by Crippen LogP contribution is 2.38. The molecule has 0 radical (unpaired) electrons. The highest BCUT2D eigenvalue weighted by Gasteiger charge is 2.33. The number of hydrogen-bond donors (Lipinski definition) is 0. The Morgan fingerprint density at radius 2 is 1.32 bits per heavy atom. The second-order valence-electron chi connectivity index (χ2n) is 4.53. The summed E-state index contributed by atoms with van der Waals surface area (Å²) in [6, 6.07) is 22.4. The van der Waals surface area contributed by atoms with Crippen molar-refractivity contribution >= 4 is 0 Å². The largest absolute Gasteiger partial charge is 0.198 e. The van der Waals surface area contributed by atoms with Crippen LogP contribution in [0, 0.1) is 23.7 Å². The van der Waals surface area contributed by atoms with Gasteiger partial charge in [0, 0.05) is 18.3 Å². The summed E-state index contributed by atoms with van der Waals surface area (Å²) in [4.78, 5) is 0. The van der Waals surface area contributed by atoms with Crippen molar-refractivity contribution in [3.8, 4) is 18.4 Å². The Balaban J connectivity index is 2.62. The zero-order valence-electron chi connectivity index (χ0n) is 10.7. The molecule has 0 N–H and O–H groups in total. The molecular weight excluding hydrogens is 230 g/mol. The molecule has 0 aromatic heterocycles. The van der Waals surface area contributed by atoms with E-state index in [4.69, 9.17) is 6.42 Å². The van der Waals surface area contributed by atoms with Gasteiger partial charge in [0.15, 0.2) is 0 Å². The van der Waals surface area contributed by atoms with Crippen LogP contribution in [-0.2, 0) is 5.41 Å². The summed E-state index contributed by atoms with van der Waals surface area (Å²) in [6.45, 7) is 0. The van der Waals surface area contributed by atoms with Gasteiger partial charge in [0.1, 0.15) is 0 Å². The number of terminal acetylenes is 1. The fourth-order valence-corrected chi connectivity index (χ4v) is 2.46. The third kappa shape index (κ3) is 2.51. The van der Waals surface area contributed by atoms with Gasteiger partial charge in [-0.3, -0.25) is 0 Å². The van der Waals surface area contributed by atoms with Crippen molar-refractivity contribution in [3.63, 3.8) is 0 Å². The van der Waals surface area contributed by atoms with Crippen LogP contribution in [-0.4, -0.2) is 0 Å². The predicted octanol–water partition coefficient (Wildman–Crippen LogP) is 3.91. The molecule has 0 aliphatic rings. The second-order valence-corrected chi connectivity index (χ2v) is 4.53. The first-order valence-corrected chi connectivity index (χ1v) is 6.25. The Labute approximate surface area is 114 Å². The van der Waals surface area contributed by atoms with Gasteiger partial charge in [-0.2, -0.15) is 5.26 Å². The van der Waals surface area contributed by atoms with E-state index in [9.17, 15) is 5.26 Å². The number of benzene rings is 2. The summed E-state index contributed by atoms with van der Waals surface area (Å²) in [5, 5.41) is 9.23. The first-order valence-electron chi connectivity index (χ1n) is 6.25. The molecule has 0 aliphatic heterocycles. The maximum Gasteiger partial charge on any atom is 0.0635 e. The van der Waals surface area contributed by atoms with E-state index in [1.54, 1.807) is 0 Å². The summed E-state index contributed by atoms with van der Waals surface area (Å²) >= 11 is 0. The monoisotopic (exact) mass is 245 g/mol. The molecular formula is C18H15N. The number of hydrogen-bond acceptors (Lipinski definition) is 1. The molecule has 2 rings (SSSR count). The summed E-state index contributed by atoms with van der Waals surface area (Å²) in [7, 11) is 0. The van der Waals surface area contributed by atoms with E-state index in [-0.39, 0.29) is 0 Å². The molecule has 0 heterocycles. The molecule has 0 fully saturated rings. The minimum Gasteiger partial charge on any atom is -0.198 e. The van der Waals surface area contributed by atoms with Crippen LogP contribution in [0.1, 0.15) is 24.0 Å². The van der Waals surface area contributed by atoms with Crippen molar-refractivity contribution in [2.75, 3.05) is 0 Å². The molecule has 0 saturated heterocycles. The lowest BCUT2D eigenvalue weighted by Gasteiger charge is -2.31. The second kappa shape index (κ2) is 5.89. The van der Waals surface area contributed by atoms with Gasteiger partial charge >= 0.3 is 0 Å². The molecule has 0 aliphatic carbocycles. The lowest BCUT2D eigenvalue weighted by molar-refractivity contribution is 0.542. The van der Waals surface area contributed by atoms with Crippen LogP contribution in [0.3, 0.4) is 0 Å². The topological polar surface area (TPSA) is 23.8 Å². The van der Waals surface area contributed by atoms with Crippen LogP contribution in [0.5, 0.6) is 0 Å². The average Bonchev–Trinajstić information content (AvgIpc) is 2.49. The zero-order chi connectivity index (χ0) is 13.6. The third-order valence-corrected chi connectivity index (χ3v) is 3.44. The highest BCUT2D eigenvalue weighted by atomic mass is 14.4. The molecule has 2 aromatic rings. The van der Waals surface area contributed by atoms with Crippen molar-refractivity contribution in [3.05, 3.63) is 71.8 Å². The third-order valence-electron chi connectivity index (χ3n) is 3.44. The first-order chi connectivity index (χ1) is 9.33. The molecule has 19 heavy (non-hydrogen) atoms. The summed E-state index contributed by atoms with van der Waals surface area (Å²) in [6.07, 6.45) is 6.46. The van der Waals surface area contributed by atoms with Gasteiger partial charge < -0.3 is 0 Å². The Bertz CT molecular complexity index is 542. The van der Waals surface area contributed by atoms with Crippen molar-refractivity contribution in [1.82, 2.24) is 0 Å². The number of nitrogens with zero attached hydrogens (tertiary/aromatic N) is 1. The van der Waals surface area contributed by atoms with Crippen LogP contribution < -0.4 is 0 Å². The van der Waals surface area contributed by atoms with E-state index in [1.165, 1.54) is 0 Å². The minimum atomic E-state index is -0.411. The van der Waals surface area contributed by atoms with Gasteiger partial charge in [-0.1, -0.05) is 60.7 Å². The number of nitriles is 1. The Hall–Kier alpha value is -2.51. The molecule has 92 valence electrons. The van der Waals surface area contributed by atoms with E-state index in [0.29, 0.717) is 12.8 Å². The van der Waals surface area contributed by atoms with Gasteiger partial charge in [-0.05, 0) is 11.1 Å². The average molecular weight is 245 g/mol. The minimum absolute atomic E-state index is 0.380. The number of rotatable bonds is 4. The van der Waals surface area contributed by atoms with Crippen molar-refractivity contribution in [2.24, 2.45) is 0 Å². The molecule has 2 aromatic carbocycles. The Morgan fingerprint density at radius 1 is 0.842 bits per heavy atom. The molecule has 1 heteroatoms. The van der Waals surface area contributed by atoms with Gasteiger partial charge in [0.25, 0.3) is 0 Å². The molecule has 0 saturated carbocycles. The molecule has 1 nitrogen and oxygen atoms in total. The van der Waals surface area contributed by atoms with Crippen LogP contribution in [0.4, 0.5) is 0 Å². The van der Waals surface area contributed by atoms with Crippen molar-refractivity contribution in [1.29, 1.82) is 5.26 Å². The van der Waals surface area contributed by atoms with Gasteiger partial charge in [-0.15, -0.1) is 12.3 Å². The van der Waals surface area contributed by atoms with E-state index in [0.717, 1.165) is 11.1 Å². The van der Waals surface area contributed by atoms with E-state index < -0.39 is 5.41 Å². The Morgan fingerprint density at radius 3 is 1.68 bits per heavy atom. The van der Waals surface area contributed by atoms with Crippen molar-refractivity contribution in [2.45, 2.75) is 18.3 Å². The van der Waals surface area contributed by atoms with Gasteiger partial charge in [0.2, 0.25) is 0 Å². The normalized spacial score (nSPS) is 10.4. The first kappa shape index (κ1) is 12.9. The smallest absolute Gasteiger partial charge is 0.0635 e. The van der Waals surface area contributed by atoms with Crippen LogP contribution in [0.15, 0.2) is 60.7 Å². The fourth-order valence-electron chi connectivity index (χ4n) is 2.46.